The highest BCUT2D eigenvalue weighted by molar-refractivity contribution is 5.70. The molecule has 1 aromatic carbocycles. The van der Waals surface area contributed by atoms with Crippen LogP contribution in [0.5, 0.6) is 0 Å². The van der Waals surface area contributed by atoms with Gasteiger partial charge in [0, 0.05) is 29.7 Å². The number of rotatable bonds is 3. The molecule has 3 aromatic heterocycles. The molecule has 0 aliphatic carbocycles. The molecule has 0 saturated carbocycles. The zero-order chi connectivity index (χ0) is 18.8. The lowest BCUT2D eigenvalue weighted by molar-refractivity contribution is 0.587. The minimum atomic E-state index is -0.751. The van der Waals surface area contributed by atoms with Gasteiger partial charge in [-0.25, -0.2) is 9.37 Å². The van der Waals surface area contributed by atoms with Crippen molar-refractivity contribution in [3.8, 4) is 28.1 Å². The monoisotopic (exact) mass is 361 g/mol. The molecule has 0 amide bonds. The Morgan fingerprint density at radius 1 is 0.815 bits per heavy atom. The van der Waals surface area contributed by atoms with E-state index in [0.29, 0.717) is 16.9 Å². The first-order chi connectivity index (χ1) is 13.1. The van der Waals surface area contributed by atoms with Gasteiger partial charge in [0.25, 0.3) is 5.56 Å². The fraction of sp³-hybridized carbons (Fsp3) is 0. The van der Waals surface area contributed by atoms with Gasteiger partial charge in [-0.15, -0.1) is 0 Å². The zero-order valence-corrected chi connectivity index (χ0v) is 14.0. The normalized spacial score (nSPS) is 10.7. The Bertz CT molecular complexity index is 1170. The maximum Gasteiger partial charge on any atom is 0.263 e. The fourth-order valence-electron chi connectivity index (χ4n) is 2.85. The van der Waals surface area contributed by atoms with Gasteiger partial charge in [-0.2, -0.15) is 4.39 Å². The minimum Gasteiger partial charge on any atom is -0.283 e. The Hall–Kier alpha value is -3.67. The van der Waals surface area contributed by atoms with Crippen LogP contribution in [0, 0.1) is 11.8 Å². The summed E-state index contributed by atoms with van der Waals surface area (Å²) in [6.07, 6.45) is 4.50. The predicted octanol–water partition coefficient (Wildman–Crippen LogP) is 4.24. The van der Waals surface area contributed by atoms with E-state index in [1.807, 2.05) is 6.07 Å². The van der Waals surface area contributed by atoms with Crippen molar-refractivity contribution >= 4 is 0 Å². The first-order valence-corrected chi connectivity index (χ1v) is 8.18. The van der Waals surface area contributed by atoms with Crippen LogP contribution in [0.25, 0.3) is 28.1 Å². The zero-order valence-electron chi connectivity index (χ0n) is 14.0. The number of pyridine rings is 3. The Kier molecular flexibility index (Phi) is 4.30. The number of nitrogens with zero attached hydrogens (tertiary/aromatic N) is 3. The van der Waals surface area contributed by atoms with Crippen LogP contribution in [0.3, 0.4) is 0 Å². The number of halogens is 2. The van der Waals surface area contributed by atoms with Crippen molar-refractivity contribution in [2.24, 2.45) is 0 Å². The van der Waals surface area contributed by atoms with Crippen LogP contribution in [0.4, 0.5) is 8.78 Å². The van der Waals surface area contributed by atoms with Gasteiger partial charge in [0.1, 0.15) is 5.82 Å². The highest BCUT2D eigenvalue weighted by Gasteiger charge is 2.15. The highest BCUT2D eigenvalue weighted by Crippen LogP contribution is 2.25. The summed E-state index contributed by atoms with van der Waals surface area (Å²) in [5, 5.41) is 0. The van der Waals surface area contributed by atoms with Crippen LogP contribution in [-0.2, 0) is 0 Å². The summed E-state index contributed by atoms with van der Waals surface area (Å²) < 4.78 is 29.2. The number of aromatic nitrogens is 3. The molecule has 0 atom stereocenters. The summed E-state index contributed by atoms with van der Waals surface area (Å²) in [7, 11) is 0. The maximum absolute atomic E-state index is 14.3. The lowest BCUT2D eigenvalue weighted by Gasteiger charge is -2.12. The Morgan fingerprint density at radius 3 is 2.41 bits per heavy atom. The average molecular weight is 361 g/mol. The quantitative estimate of drug-likeness (QED) is 0.513. The molecule has 0 aliphatic rings. The van der Waals surface area contributed by atoms with Crippen LogP contribution < -0.4 is 5.56 Å². The molecule has 4 aromatic rings. The van der Waals surface area contributed by atoms with Crippen molar-refractivity contribution in [2.75, 3.05) is 0 Å². The number of hydrogen-bond donors (Lipinski definition) is 0. The topological polar surface area (TPSA) is 47.8 Å². The lowest BCUT2D eigenvalue weighted by Crippen LogP contribution is -2.20. The van der Waals surface area contributed by atoms with Crippen molar-refractivity contribution in [1.82, 2.24) is 14.5 Å². The lowest BCUT2D eigenvalue weighted by atomic mass is 10.0. The average Bonchev–Trinajstić information content (AvgIpc) is 2.69. The number of benzene rings is 1. The van der Waals surface area contributed by atoms with Crippen LogP contribution in [0.2, 0.25) is 0 Å². The molecule has 0 unspecified atom stereocenters. The smallest absolute Gasteiger partial charge is 0.263 e. The van der Waals surface area contributed by atoms with Gasteiger partial charge in [0.05, 0.1) is 16.9 Å². The van der Waals surface area contributed by atoms with E-state index in [-0.39, 0.29) is 11.1 Å². The fourth-order valence-corrected chi connectivity index (χ4v) is 2.85. The second kappa shape index (κ2) is 6.92. The highest BCUT2D eigenvalue weighted by atomic mass is 19.1. The first-order valence-electron chi connectivity index (χ1n) is 8.18. The molecule has 6 heteroatoms. The maximum atomic E-state index is 14.3. The summed E-state index contributed by atoms with van der Waals surface area (Å²) >= 11 is 0. The molecule has 4 nitrogen and oxygen atoms in total. The van der Waals surface area contributed by atoms with Gasteiger partial charge >= 0.3 is 0 Å². The van der Waals surface area contributed by atoms with Crippen molar-refractivity contribution in [3.63, 3.8) is 0 Å². The Labute approximate surface area is 153 Å². The standard InChI is InChI=1S/C21H13F2N3O/c22-15-5-3-6-16(12-15)26-13-14(19-8-1-2-9-24-19)11-18(21(26)27)17-7-4-10-25-20(17)23/h1-13H. The molecule has 3 heterocycles. The summed E-state index contributed by atoms with van der Waals surface area (Å²) in [6, 6.07) is 15.6. The third-order valence-corrected chi connectivity index (χ3v) is 4.11. The van der Waals surface area contributed by atoms with Crippen LogP contribution in [0.15, 0.2) is 84.0 Å². The van der Waals surface area contributed by atoms with Gasteiger partial charge < -0.3 is 0 Å². The largest absolute Gasteiger partial charge is 0.283 e. The minimum absolute atomic E-state index is 0.0745. The number of hydrogen-bond acceptors (Lipinski definition) is 3. The summed E-state index contributed by atoms with van der Waals surface area (Å²) in [6.45, 7) is 0. The summed E-state index contributed by atoms with van der Waals surface area (Å²) in [5.74, 6) is -1.23. The molecule has 0 bridgehead atoms. The van der Waals surface area contributed by atoms with Crippen LogP contribution in [-0.4, -0.2) is 14.5 Å². The van der Waals surface area contributed by atoms with Gasteiger partial charge in [-0.3, -0.25) is 14.3 Å². The van der Waals surface area contributed by atoms with Crippen molar-refractivity contribution in [1.29, 1.82) is 0 Å². The third kappa shape index (κ3) is 3.25. The molecule has 0 spiro atoms. The molecule has 0 fully saturated rings. The second-order valence-electron chi connectivity index (χ2n) is 5.85. The van der Waals surface area contributed by atoms with Gasteiger partial charge in [-0.05, 0) is 48.5 Å². The van der Waals surface area contributed by atoms with Crippen LogP contribution in [0.1, 0.15) is 0 Å². The van der Waals surface area contributed by atoms with Gasteiger partial charge in [0.15, 0.2) is 0 Å². The molecular formula is C21H13F2N3O. The van der Waals surface area contributed by atoms with Gasteiger partial charge in [0.2, 0.25) is 5.95 Å². The Morgan fingerprint density at radius 2 is 1.67 bits per heavy atom. The molecular weight excluding hydrogens is 348 g/mol. The summed E-state index contributed by atoms with van der Waals surface area (Å²) in [5.41, 5.74) is 1.25. The molecule has 0 aliphatic heterocycles. The van der Waals surface area contributed by atoms with E-state index in [1.165, 1.54) is 35.0 Å². The van der Waals surface area contributed by atoms with Crippen LogP contribution >= 0.6 is 0 Å². The van der Waals surface area contributed by atoms with E-state index in [0.717, 1.165) is 0 Å². The van der Waals surface area contributed by atoms with Gasteiger partial charge in [-0.1, -0.05) is 12.1 Å². The van der Waals surface area contributed by atoms with E-state index < -0.39 is 17.3 Å². The van der Waals surface area contributed by atoms with Crippen molar-refractivity contribution < 1.29 is 8.78 Å². The van der Waals surface area contributed by atoms with E-state index in [1.54, 1.807) is 42.7 Å². The summed E-state index contributed by atoms with van der Waals surface area (Å²) in [4.78, 5) is 21.0. The molecule has 4 rings (SSSR count). The SMILES string of the molecule is O=c1c(-c2cccnc2F)cc(-c2ccccn2)cn1-c1cccc(F)c1. The van der Waals surface area contributed by atoms with E-state index in [9.17, 15) is 13.6 Å². The van der Waals surface area contributed by atoms with E-state index in [2.05, 4.69) is 9.97 Å². The molecule has 132 valence electrons. The second-order valence-corrected chi connectivity index (χ2v) is 5.85. The predicted molar refractivity (Wildman–Crippen MR) is 98.4 cm³/mol. The van der Waals surface area contributed by atoms with Crippen molar-refractivity contribution in [3.05, 3.63) is 101 Å². The van der Waals surface area contributed by atoms with E-state index >= 15 is 0 Å². The first kappa shape index (κ1) is 16.8. The molecule has 27 heavy (non-hydrogen) atoms. The molecule has 0 radical (unpaired) electrons. The van der Waals surface area contributed by atoms with Crippen molar-refractivity contribution in [2.45, 2.75) is 0 Å². The Balaban J connectivity index is 2.03. The molecule has 0 N–H and O–H groups in total. The molecule has 0 saturated heterocycles. The van der Waals surface area contributed by atoms with E-state index in [4.69, 9.17) is 0 Å². The third-order valence-electron chi connectivity index (χ3n) is 4.11.